The van der Waals surface area contributed by atoms with E-state index in [1.54, 1.807) is 37.4 Å². The highest BCUT2D eigenvalue weighted by Gasteiger charge is 2.40. The first-order valence-electron chi connectivity index (χ1n) is 23.1. The molecule has 6 bridgehead atoms. The average Bonchev–Trinajstić information content (AvgIpc) is 3.90. The van der Waals surface area contributed by atoms with Crippen LogP contribution in [0.1, 0.15) is 90.7 Å². The Balaban J connectivity index is 0.00000336. The van der Waals surface area contributed by atoms with Crippen molar-refractivity contribution in [1.82, 2.24) is 40.4 Å². The van der Waals surface area contributed by atoms with Crippen LogP contribution in [0.15, 0.2) is 54.7 Å². The molecule has 388 valence electrons. The largest absolute Gasteiger partial charge is 0.508 e. The van der Waals surface area contributed by atoms with E-state index in [-0.39, 0.29) is 116 Å². The van der Waals surface area contributed by atoms with Crippen LogP contribution in [0.5, 0.6) is 5.75 Å². The standard InChI is InChI=1S/C50H66N8O7.5H2S/c1-10-57-42-16-15-33-25-38(42)39(45(57)37-13-11-18-51-43(37)30(4)65-9)26-50(6,7)28-52-46(61)40-14-12-19-58(54-40)49(64)41(23-32-21-35(33)24-36(60)22-32)53-47(62)44(29(2)3)55(8)48(63)34-17-20-56(27-34)31(5)59;;;;;/h11,13,15-16,18,21-22,24-25,29-30,34,40-41,44,54,60H,10,12,14,17,19-20,23,26-28H2,1-9H3,(H,52,61)(H,53,62);5*1H2/t30-,34-,40-,41-,44-;;;;;/m0...../s1. The van der Waals surface area contributed by atoms with Crippen LogP contribution in [-0.2, 0) is 48.1 Å². The van der Waals surface area contributed by atoms with Crippen LogP contribution in [0.2, 0.25) is 0 Å². The second-order valence-corrected chi connectivity index (χ2v) is 19.2. The molecule has 20 heteroatoms. The third kappa shape index (κ3) is 13.3. The number of hydrogen-bond donors (Lipinski definition) is 4. The molecule has 5 amide bonds. The van der Waals surface area contributed by atoms with Gasteiger partial charge in [0.1, 0.15) is 23.9 Å². The van der Waals surface area contributed by atoms with Crippen LogP contribution in [0.3, 0.4) is 0 Å². The van der Waals surface area contributed by atoms with Crippen molar-refractivity contribution >= 4 is 108 Å². The molecule has 0 spiro atoms. The summed E-state index contributed by atoms with van der Waals surface area (Å²) in [5.74, 6) is -2.27. The SMILES string of the molecule is CCn1c(-c2cccnc2[C@H](C)OC)c2c3cc(ccc31)-c1cc(O)cc(c1)C[C@H](NC(=O)[C@H](C(C)C)N(C)C(=O)[C@H]1CCN(C(C)=O)C1)C(=O)N1CCC[C@H](N1)C(=O)NCC(C)(C)C2.S.S.S.S.S. The number of rotatable bonds is 9. The third-order valence-electron chi connectivity index (χ3n) is 13.5. The maximum Gasteiger partial charge on any atom is 0.259 e. The zero-order chi connectivity index (χ0) is 46.9. The Morgan fingerprint density at radius 3 is 2.34 bits per heavy atom. The summed E-state index contributed by atoms with van der Waals surface area (Å²) < 4.78 is 8.13. The fraction of sp³-hybridized carbons (Fsp3) is 0.520. The number of phenols is 1. The number of carbonyl (C=O) groups is 5. The quantitative estimate of drug-likeness (QED) is 0.158. The zero-order valence-corrected chi connectivity index (χ0v) is 46.9. The molecule has 0 unspecified atom stereocenters. The van der Waals surface area contributed by atoms with Crippen molar-refractivity contribution in [2.75, 3.05) is 40.3 Å². The van der Waals surface area contributed by atoms with Crippen molar-refractivity contribution < 1.29 is 33.8 Å². The van der Waals surface area contributed by atoms with Gasteiger partial charge in [-0.05, 0) is 110 Å². The van der Waals surface area contributed by atoms with Crippen LogP contribution in [-0.4, -0.2) is 117 Å². The van der Waals surface area contributed by atoms with E-state index in [4.69, 9.17) is 9.72 Å². The minimum atomic E-state index is -1.13. The number of benzene rings is 2. The van der Waals surface area contributed by atoms with Gasteiger partial charge in [-0.2, -0.15) is 67.5 Å². The number of amides is 5. The van der Waals surface area contributed by atoms with Gasteiger partial charge in [0.15, 0.2) is 0 Å². The number of likely N-dealkylation sites (tertiary alicyclic amines) is 1. The molecule has 3 aliphatic rings. The minimum absolute atomic E-state index is 0. The van der Waals surface area contributed by atoms with Gasteiger partial charge in [-0.3, -0.25) is 34.0 Å². The van der Waals surface area contributed by atoms with Crippen molar-refractivity contribution in [1.29, 1.82) is 0 Å². The van der Waals surface area contributed by atoms with Gasteiger partial charge in [-0.25, -0.2) is 5.43 Å². The molecule has 7 rings (SSSR count). The number of ether oxygens (including phenoxy) is 1. The van der Waals surface area contributed by atoms with Gasteiger partial charge in [0.2, 0.25) is 23.6 Å². The molecule has 15 nitrogen and oxygen atoms in total. The van der Waals surface area contributed by atoms with E-state index >= 15 is 0 Å². The maximum atomic E-state index is 14.7. The number of phenolic OH excluding ortho intramolecular Hbond substituents is 1. The van der Waals surface area contributed by atoms with Crippen molar-refractivity contribution in [2.45, 2.75) is 111 Å². The number of carbonyl (C=O) groups excluding carboxylic acids is 5. The zero-order valence-electron chi connectivity index (χ0n) is 41.9. The Morgan fingerprint density at radius 2 is 1.70 bits per heavy atom. The fourth-order valence-corrected chi connectivity index (χ4v) is 10.0. The first-order valence-corrected chi connectivity index (χ1v) is 23.1. The predicted octanol–water partition coefficient (Wildman–Crippen LogP) is 5.94. The van der Waals surface area contributed by atoms with Crippen LogP contribution in [0.25, 0.3) is 33.3 Å². The Kier molecular flexibility index (Phi) is 23.1. The molecule has 2 fully saturated rings. The second kappa shape index (κ2) is 26.1. The fourth-order valence-electron chi connectivity index (χ4n) is 10.0. The van der Waals surface area contributed by atoms with Crippen LogP contribution in [0, 0.1) is 17.3 Å². The lowest BCUT2D eigenvalue weighted by atomic mass is 9.83. The van der Waals surface area contributed by atoms with Gasteiger partial charge in [0, 0.05) is 82.9 Å². The average molecular weight is 1060 g/mol. The number of aromatic hydroxyl groups is 1. The van der Waals surface area contributed by atoms with Crippen molar-refractivity contribution in [3.63, 3.8) is 0 Å². The Morgan fingerprint density at radius 1 is 0.986 bits per heavy atom. The highest BCUT2D eigenvalue weighted by molar-refractivity contribution is 7.60. The first kappa shape index (κ1) is 62.1. The maximum absolute atomic E-state index is 14.7. The van der Waals surface area contributed by atoms with E-state index in [2.05, 4.69) is 59.6 Å². The van der Waals surface area contributed by atoms with Gasteiger partial charge in [0.25, 0.3) is 5.91 Å². The van der Waals surface area contributed by atoms with Crippen LogP contribution < -0.4 is 16.1 Å². The summed E-state index contributed by atoms with van der Waals surface area (Å²) in [4.78, 5) is 77.0. The first-order chi connectivity index (χ1) is 30.9. The van der Waals surface area contributed by atoms with Crippen molar-refractivity contribution in [3.8, 4) is 28.1 Å². The number of aromatic nitrogens is 2. The Labute approximate surface area is 448 Å². The topological polar surface area (TPSA) is 178 Å². The van der Waals surface area contributed by atoms with Gasteiger partial charge in [0.05, 0.1) is 23.4 Å². The van der Waals surface area contributed by atoms with Crippen molar-refractivity contribution in [2.24, 2.45) is 17.3 Å². The van der Waals surface area contributed by atoms with E-state index in [1.165, 1.54) is 16.8 Å². The minimum Gasteiger partial charge on any atom is -0.508 e. The lowest BCUT2D eigenvalue weighted by Gasteiger charge is -2.37. The summed E-state index contributed by atoms with van der Waals surface area (Å²) in [6, 6.07) is 12.8. The molecule has 2 saturated heterocycles. The summed E-state index contributed by atoms with van der Waals surface area (Å²) in [6.07, 6.45) is 3.69. The molecule has 0 radical (unpaired) electrons. The normalized spacial score (nSPS) is 19.7. The molecule has 0 saturated carbocycles. The Hall–Kier alpha value is -4.05. The number of hydrogen-bond acceptors (Lipinski definition) is 9. The highest BCUT2D eigenvalue weighted by atomic mass is 32.1. The number of pyridine rings is 1. The molecular formula is C50H76N8O7S5. The number of fused-ring (bicyclic) bond motifs is 6. The number of nitrogens with zero attached hydrogens (tertiary/aromatic N) is 5. The molecule has 4 N–H and O–H groups in total. The lowest BCUT2D eigenvalue weighted by molar-refractivity contribution is -0.146. The van der Waals surface area contributed by atoms with E-state index in [1.807, 2.05) is 39.0 Å². The van der Waals surface area contributed by atoms with Gasteiger partial charge in [-0.1, -0.05) is 39.8 Å². The molecule has 5 atom stereocenters. The summed E-state index contributed by atoms with van der Waals surface area (Å²) in [6.45, 7) is 15.7. The van der Waals surface area contributed by atoms with Crippen LogP contribution in [0.4, 0.5) is 0 Å². The van der Waals surface area contributed by atoms with Gasteiger partial charge >= 0.3 is 0 Å². The molecule has 2 aromatic heterocycles. The van der Waals surface area contributed by atoms with Crippen molar-refractivity contribution in [3.05, 3.63) is 71.5 Å². The Bertz CT molecular complexity index is 2490. The van der Waals surface area contributed by atoms with E-state index < -0.39 is 41.3 Å². The summed E-state index contributed by atoms with van der Waals surface area (Å²) in [5, 5.41) is 20.0. The smallest absolute Gasteiger partial charge is 0.259 e. The highest BCUT2D eigenvalue weighted by Crippen LogP contribution is 2.42. The number of likely N-dealkylation sites (N-methyl/N-ethyl adjacent to an activating group) is 1. The lowest BCUT2D eigenvalue weighted by Crippen LogP contribution is -2.63. The third-order valence-corrected chi connectivity index (χ3v) is 13.5. The summed E-state index contributed by atoms with van der Waals surface area (Å²) in [7, 11) is 3.28. The molecule has 0 aliphatic carbocycles. The van der Waals surface area contributed by atoms with E-state index in [0.717, 1.165) is 44.5 Å². The summed E-state index contributed by atoms with van der Waals surface area (Å²) in [5.41, 5.74) is 9.90. The molecule has 3 aliphatic heterocycles. The number of aryl methyl sites for hydroxylation is 1. The summed E-state index contributed by atoms with van der Waals surface area (Å²) >= 11 is 0. The van der Waals surface area contributed by atoms with E-state index in [9.17, 15) is 29.1 Å². The van der Waals surface area contributed by atoms with Gasteiger partial charge < -0.3 is 34.8 Å². The van der Waals surface area contributed by atoms with Crippen LogP contribution >= 0.6 is 67.5 Å². The second-order valence-electron chi connectivity index (χ2n) is 19.2. The molecule has 2 aromatic carbocycles. The monoisotopic (exact) mass is 1060 g/mol. The number of methoxy groups -OCH3 is 1. The number of hydrazine groups is 1. The number of nitrogens with one attached hydrogen (secondary N) is 3. The molecule has 70 heavy (non-hydrogen) atoms. The molecule has 5 heterocycles. The molecule has 4 aromatic rings. The molecular weight excluding hydrogens is 985 g/mol. The van der Waals surface area contributed by atoms with E-state index in [0.29, 0.717) is 57.4 Å². The predicted molar refractivity (Wildman–Crippen MR) is 301 cm³/mol. The van der Waals surface area contributed by atoms with Gasteiger partial charge in [-0.15, -0.1) is 0 Å².